The van der Waals surface area contributed by atoms with Gasteiger partial charge >= 0.3 is 0 Å². The Hall–Kier alpha value is -1.95. The maximum Gasteiger partial charge on any atom is 0.257 e. The van der Waals surface area contributed by atoms with Crippen LogP contribution in [-0.4, -0.2) is 38.6 Å². The topological polar surface area (TPSA) is 64.6 Å². The number of Topliss-reactive ketones (excluding diaryl/α,β-unsaturated/α-hetero) is 1. The minimum absolute atomic E-state index is 0.0736. The summed E-state index contributed by atoms with van der Waals surface area (Å²) in [6, 6.07) is 3.60. The molecular formula is C14H18FNO4. The highest BCUT2D eigenvalue weighted by Gasteiger charge is 2.11. The van der Waals surface area contributed by atoms with Crippen molar-refractivity contribution in [2.24, 2.45) is 0 Å². The van der Waals surface area contributed by atoms with E-state index in [0.29, 0.717) is 19.6 Å². The number of nitrogens with one attached hydrogen (secondary N) is 1. The first-order valence-corrected chi connectivity index (χ1v) is 6.23. The first-order valence-electron chi connectivity index (χ1n) is 6.23. The molecule has 0 heterocycles. The van der Waals surface area contributed by atoms with Crippen molar-refractivity contribution in [3.63, 3.8) is 0 Å². The van der Waals surface area contributed by atoms with Crippen molar-refractivity contribution in [3.05, 3.63) is 29.6 Å². The van der Waals surface area contributed by atoms with Crippen LogP contribution in [0.5, 0.6) is 5.75 Å². The summed E-state index contributed by atoms with van der Waals surface area (Å²) in [7, 11) is 1.58. The van der Waals surface area contributed by atoms with E-state index in [1.54, 1.807) is 7.11 Å². The van der Waals surface area contributed by atoms with Gasteiger partial charge in [-0.25, -0.2) is 4.39 Å². The van der Waals surface area contributed by atoms with Crippen molar-refractivity contribution in [2.75, 3.05) is 26.9 Å². The lowest BCUT2D eigenvalue weighted by Gasteiger charge is -2.10. The molecule has 0 spiro atoms. The Balaban J connectivity index is 2.50. The summed E-state index contributed by atoms with van der Waals surface area (Å²) in [6.45, 7) is 2.11. The van der Waals surface area contributed by atoms with E-state index in [0.717, 1.165) is 6.07 Å². The fraction of sp³-hybridized carbons (Fsp3) is 0.429. The Morgan fingerprint density at radius 1 is 1.35 bits per heavy atom. The van der Waals surface area contributed by atoms with Crippen LogP contribution < -0.4 is 10.1 Å². The first-order chi connectivity index (χ1) is 9.54. The number of amides is 1. The van der Waals surface area contributed by atoms with E-state index in [4.69, 9.17) is 9.47 Å². The number of hydrogen-bond donors (Lipinski definition) is 1. The largest absolute Gasteiger partial charge is 0.483 e. The summed E-state index contributed by atoms with van der Waals surface area (Å²) in [4.78, 5) is 22.8. The van der Waals surface area contributed by atoms with Gasteiger partial charge in [0.25, 0.3) is 5.91 Å². The standard InChI is InChI=1S/C14H18FNO4/c1-10(17)12-5-4-11(15)8-13(12)20-9-14(18)16-6-3-7-19-2/h4-5,8H,3,6-7,9H2,1-2H3,(H,16,18). The van der Waals surface area contributed by atoms with E-state index in [9.17, 15) is 14.0 Å². The van der Waals surface area contributed by atoms with E-state index in [2.05, 4.69) is 5.32 Å². The molecule has 0 saturated carbocycles. The normalized spacial score (nSPS) is 10.2. The van der Waals surface area contributed by atoms with Gasteiger partial charge in [-0.3, -0.25) is 9.59 Å². The third-order valence-corrected chi connectivity index (χ3v) is 2.53. The Morgan fingerprint density at radius 2 is 2.10 bits per heavy atom. The molecule has 1 aromatic carbocycles. The van der Waals surface area contributed by atoms with Crippen LogP contribution in [0.1, 0.15) is 23.7 Å². The molecule has 1 rings (SSSR count). The van der Waals surface area contributed by atoms with Gasteiger partial charge in [0.2, 0.25) is 0 Å². The molecule has 1 amide bonds. The van der Waals surface area contributed by atoms with Crippen molar-refractivity contribution >= 4 is 11.7 Å². The van der Waals surface area contributed by atoms with Gasteiger partial charge in [0.1, 0.15) is 11.6 Å². The molecule has 1 N–H and O–H groups in total. The lowest BCUT2D eigenvalue weighted by atomic mass is 10.1. The van der Waals surface area contributed by atoms with Crippen LogP contribution in [-0.2, 0) is 9.53 Å². The molecule has 1 aromatic rings. The Kier molecular flexibility index (Phi) is 6.66. The van der Waals surface area contributed by atoms with Crippen molar-refractivity contribution in [2.45, 2.75) is 13.3 Å². The average molecular weight is 283 g/mol. The van der Waals surface area contributed by atoms with Crippen LogP contribution in [0.4, 0.5) is 4.39 Å². The zero-order chi connectivity index (χ0) is 15.0. The lowest BCUT2D eigenvalue weighted by Crippen LogP contribution is -2.30. The zero-order valence-corrected chi connectivity index (χ0v) is 11.6. The molecule has 0 aliphatic heterocycles. The number of ketones is 1. The van der Waals surface area contributed by atoms with E-state index in [1.807, 2.05) is 0 Å². The van der Waals surface area contributed by atoms with E-state index in [1.165, 1.54) is 19.1 Å². The molecule has 0 aliphatic carbocycles. The van der Waals surface area contributed by atoms with Crippen LogP contribution in [0.2, 0.25) is 0 Å². The minimum atomic E-state index is -0.523. The second-order valence-electron chi connectivity index (χ2n) is 4.18. The molecule has 5 nitrogen and oxygen atoms in total. The summed E-state index contributed by atoms with van der Waals surface area (Å²) >= 11 is 0. The molecule has 0 fully saturated rings. The molecular weight excluding hydrogens is 265 g/mol. The van der Waals surface area contributed by atoms with Gasteiger partial charge in [0.15, 0.2) is 12.4 Å². The van der Waals surface area contributed by atoms with Gasteiger partial charge in [-0.2, -0.15) is 0 Å². The number of carbonyl (C=O) groups is 2. The minimum Gasteiger partial charge on any atom is -0.483 e. The summed E-state index contributed by atoms with van der Waals surface area (Å²) in [5, 5.41) is 2.63. The molecule has 0 atom stereocenters. The Morgan fingerprint density at radius 3 is 2.75 bits per heavy atom. The molecule has 0 radical (unpaired) electrons. The predicted octanol–water partition coefficient (Wildman–Crippen LogP) is 1.56. The number of hydrogen-bond acceptors (Lipinski definition) is 4. The van der Waals surface area contributed by atoms with E-state index >= 15 is 0 Å². The van der Waals surface area contributed by atoms with Crippen molar-refractivity contribution in [3.8, 4) is 5.75 Å². The molecule has 110 valence electrons. The van der Waals surface area contributed by atoms with Gasteiger partial charge in [-0.1, -0.05) is 0 Å². The predicted molar refractivity (Wildman–Crippen MR) is 71.4 cm³/mol. The highest BCUT2D eigenvalue weighted by molar-refractivity contribution is 5.96. The maximum atomic E-state index is 13.1. The number of halogens is 1. The molecule has 0 bridgehead atoms. The molecule has 0 unspecified atom stereocenters. The fourth-order valence-corrected chi connectivity index (χ4v) is 1.55. The number of rotatable bonds is 8. The monoisotopic (exact) mass is 283 g/mol. The molecule has 0 aliphatic rings. The summed E-state index contributed by atoms with van der Waals surface area (Å²) < 4.78 is 23.2. The average Bonchev–Trinajstić information content (AvgIpc) is 2.41. The number of ether oxygens (including phenoxy) is 2. The summed E-state index contributed by atoms with van der Waals surface area (Å²) in [5.41, 5.74) is 0.249. The van der Waals surface area contributed by atoms with Crippen molar-refractivity contribution in [1.29, 1.82) is 0 Å². The van der Waals surface area contributed by atoms with Crippen LogP contribution in [0, 0.1) is 5.82 Å². The van der Waals surface area contributed by atoms with Crippen LogP contribution >= 0.6 is 0 Å². The fourth-order valence-electron chi connectivity index (χ4n) is 1.55. The van der Waals surface area contributed by atoms with Gasteiger partial charge < -0.3 is 14.8 Å². The van der Waals surface area contributed by atoms with Gasteiger partial charge in [-0.15, -0.1) is 0 Å². The van der Waals surface area contributed by atoms with Gasteiger partial charge in [-0.05, 0) is 25.5 Å². The maximum absolute atomic E-state index is 13.1. The lowest BCUT2D eigenvalue weighted by molar-refractivity contribution is -0.123. The number of methoxy groups -OCH3 is 1. The highest BCUT2D eigenvalue weighted by atomic mass is 19.1. The summed E-state index contributed by atoms with van der Waals surface area (Å²) in [6.07, 6.45) is 0.695. The molecule has 0 saturated heterocycles. The smallest absolute Gasteiger partial charge is 0.257 e. The van der Waals surface area contributed by atoms with Crippen LogP contribution in [0.25, 0.3) is 0 Å². The Bertz CT molecular complexity index is 476. The van der Waals surface area contributed by atoms with Crippen LogP contribution in [0.3, 0.4) is 0 Å². The number of benzene rings is 1. The zero-order valence-electron chi connectivity index (χ0n) is 11.6. The summed E-state index contributed by atoms with van der Waals surface area (Å²) in [5.74, 6) is -1.03. The number of carbonyl (C=O) groups excluding carboxylic acids is 2. The third-order valence-electron chi connectivity index (χ3n) is 2.53. The van der Waals surface area contributed by atoms with E-state index in [-0.39, 0.29) is 29.6 Å². The second-order valence-corrected chi connectivity index (χ2v) is 4.18. The van der Waals surface area contributed by atoms with Gasteiger partial charge in [0.05, 0.1) is 5.56 Å². The third kappa shape index (κ3) is 5.36. The van der Waals surface area contributed by atoms with E-state index < -0.39 is 5.82 Å². The second kappa shape index (κ2) is 8.27. The molecule has 20 heavy (non-hydrogen) atoms. The van der Waals surface area contributed by atoms with Crippen molar-refractivity contribution in [1.82, 2.24) is 5.32 Å². The first kappa shape index (κ1) is 16.1. The quantitative estimate of drug-likeness (QED) is 0.581. The van der Waals surface area contributed by atoms with Crippen LogP contribution in [0.15, 0.2) is 18.2 Å². The highest BCUT2D eigenvalue weighted by Crippen LogP contribution is 2.20. The molecule has 6 heteroatoms. The van der Waals surface area contributed by atoms with Crippen molar-refractivity contribution < 1.29 is 23.5 Å². The molecule has 0 aromatic heterocycles. The SMILES string of the molecule is COCCCNC(=O)COc1cc(F)ccc1C(C)=O. The Labute approximate surface area is 117 Å². The van der Waals surface area contributed by atoms with Gasteiger partial charge in [0, 0.05) is 26.3 Å².